The van der Waals surface area contributed by atoms with E-state index in [2.05, 4.69) is 26.0 Å². The van der Waals surface area contributed by atoms with Crippen LogP contribution < -0.4 is 9.47 Å². The third kappa shape index (κ3) is 24.5. The summed E-state index contributed by atoms with van der Waals surface area (Å²) < 4.78 is 69.9. The highest BCUT2D eigenvalue weighted by molar-refractivity contribution is 5.66. The maximum absolute atomic E-state index is 12.1. The lowest BCUT2D eigenvalue weighted by Gasteiger charge is -2.33. The molecular weight excluding hydrogens is 1050 g/mol. The molecule has 2 aliphatic heterocycles. The monoisotopic (exact) mass is 1150 g/mol. The Hall–Kier alpha value is -5.24. The van der Waals surface area contributed by atoms with Gasteiger partial charge in [0.05, 0.1) is 105 Å². The summed E-state index contributed by atoms with van der Waals surface area (Å²) in [6.07, 6.45) is 5.12. The van der Waals surface area contributed by atoms with Crippen LogP contribution in [-0.4, -0.2) is 124 Å². The van der Waals surface area contributed by atoms with Gasteiger partial charge in [-0.25, -0.2) is 0 Å². The van der Waals surface area contributed by atoms with Crippen LogP contribution in [0.5, 0.6) is 11.5 Å². The number of aliphatic hydroxyl groups is 2. The Bertz CT molecular complexity index is 2320. The SMILES string of the molecule is C.C.CCC1(CC)OC[C@H](C/C=C\[C@@H](COCc2ccc(OC)cc2)[C@H](CCOCc2ccccc2)OC(C)=O)O1.CCC1(CC)OC[C@H](C[C@H](O)[C@H](O)[C@@H](COCc2ccc(OC)cc2)[C@H](CCOCc2ccccc2)OC(C)=O)O1. The summed E-state index contributed by atoms with van der Waals surface area (Å²) in [5, 5.41) is 22.5. The molecule has 0 bridgehead atoms. The van der Waals surface area contributed by atoms with E-state index in [1.807, 2.05) is 123 Å². The number of rotatable bonds is 35. The second-order valence-electron chi connectivity index (χ2n) is 20.3. The maximum Gasteiger partial charge on any atom is 0.302 e. The van der Waals surface area contributed by atoms with Gasteiger partial charge in [-0.2, -0.15) is 0 Å². The van der Waals surface area contributed by atoms with E-state index in [4.69, 9.17) is 56.8 Å². The molecule has 16 heteroatoms. The van der Waals surface area contributed by atoms with Crippen molar-refractivity contribution >= 4 is 11.9 Å². The topological polar surface area (TPSA) is 185 Å². The molecule has 2 N–H and O–H groups in total. The molecule has 0 radical (unpaired) electrons. The van der Waals surface area contributed by atoms with Crippen LogP contribution in [0.15, 0.2) is 121 Å². The molecule has 4 aromatic carbocycles. The van der Waals surface area contributed by atoms with Crippen LogP contribution in [0.3, 0.4) is 0 Å². The molecule has 2 fully saturated rings. The molecule has 16 nitrogen and oxygen atoms in total. The molecule has 0 amide bonds. The lowest BCUT2D eigenvalue weighted by molar-refractivity contribution is -0.178. The Morgan fingerprint density at radius 3 is 1.44 bits per heavy atom. The molecule has 2 aliphatic rings. The number of hydrogen-bond donors (Lipinski definition) is 2. The largest absolute Gasteiger partial charge is 0.497 e. The molecule has 82 heavy (non-hydrogen) atoms. The van der Waals surface area contributed by atoms with Gasteiger partial charge in [-0.1, -0.05) is 140 Å². The van der Waals surface area contributed by atoms with Gasteiger partial charge >= 0.3 is 11.9 Å². The first-order valence-electron chi connectivity index (χ1n) is 28.4. The predicted octanol–water partition coefficient (Wildman–Crippen LogP) is 11.9. The zero-order chi connectivity index (χ0) is 57.6. The quantitative estimate of drug-likeness (QED) is 0.0252. The Balaban J connectivity index is 0.000000420. The standard InChI is InChI=1S/C32H46O9.C32H44O7.2CH4/c1-5-32(6-2)39-21-27(41-32)18-29(34)31(35)28(22-38-20-25-12-14-26(36-4)15-13-25)30(40-23(3)33)16-17-37-19-24-10-8-7-9-11-24;1-5-32(6-2)37-24-30(39-32)14-10-13-28(23-36-22-27-15-17-29(34-4)18-16-27)31(38-25(3)33)19-20-35-21-26-11-8-7-9-12-26;;/h7-15,27-31,34-35H,5-6,16-22H2,1-4H3;7-13,15-18,28,30-31H,5-6,14,19-24H2,1-4H3;2*1H4/b;13-10-;;/t27-,28-,29-,30-,31+;28-,30-,31-;;/m00../s1. The first-order valence-corrected chi connectivity index (χ1v) is 28.4. The number of hydrogen-bond acceptors (Lipinski definition) is 16. The van der Waals surface area contributed by atoms with Crippen molar-refractivity contribution in [1.29, 1.82) is 0 Å². The number of benzene rings is 4. The normalized spacial score (nSPS) is 18.3. The zero-order valence-corrected chi connectivity index (χ0v) is 48.5. The molecule has 8 atom stereocenters. The van der Waals surface area contributed by atoms with Crippen LogP contribution >= 0.6 is 0 Å². The van der Waals surface area contributed by atoms with E-state index in [1.165, 1.54) is 13.8 Å². The van der Waals surface area contributed by atoms with Gasteiger partial charge in [0, 0.05) is 44.9 Å². The van der Waals surface area contributed by atoms with Crippen LogP contribution in [0, 0.1) is 11.8 Å². The Labute approximate surface area is 490 Å². The molecule has 0 aliphatic carbocycles. The van der Waals surface area contributed by atoms with E-state index in [0.717, 1.165) is 46.6 Å². The van der Waals surface area contributed by atoms with Crippen molar-refractivity contribution in [3.63, 3.8) is 0 Å². The summed E-state index contributed by atoms with van der Waals surface area (Å²) in [5.41, 5.74) is 4.10. The van der Waals surface area contributed by atoms with Gasteiger partial charge in [0.2, 0.25) is 0 Å². The Kier molecular flexibility index (Phi) is 33.4. The fourth-order valence-corrected chi connectivity index (χ4v) is 9.66. The van der Waals surface area contributed by atoms with Crippen LogP contribution in [-0.2, 0) is 83.4 Å². The molecular formula is C66H98O16. The number of carbonyl (C=O) groups is 2. The van der Waals surface area contributed by atoms with E-state index in [-0.39, 0.29) is 64.7 Å². The first-order chi connectivity index (χ1) is 38.7. The Morgan fingerprint density at radius 1 is 0.573 bits per heavy atom. The van der Waals surface area contributed by atoms with Gasteiger partial charge in [-0.15, -0.1) is 0 Å². The number of aliphatic hydroxyl groups excluding tert-OH is 2. The third-order valence-electron chi connectivity index (χ3n) is 14.5. The highest BCUT2D eigenvalue weighted by atomic mass is 16.8. The van der Waals surface area contributed by atoms with Crippen molar-refractivity contribution in [1.82, 2.24) is 0 Å². The fraction of sp³-hybridized carbons (Fsp3) is 0.576. The van der Waals surface area contributed by atoms with Crippen molar-refractivity contribution in [3.05, 3.63) is 144 Å². The number of carbonyl (C=O) groups excluding carboxylic acids is 2. The summed E-state index contributed by atoms with van der Waals surface area (Å²) >= 11 is 0. The fourth-order valence-electron chi connectivity index (χ4n) is 9.66. The second-order valence-corrected chi connectivity index (χ2v) is 20.3. The number of esters is 2. The van der Waals surface area contributed by atoms with Gasteiger partial charge < -0.3 is 67.1 Å². The van der Waals surface area contributed by atoms with Crippen LogP contribution in [0.2, 0.25) is 0 Å². The minimum Gasteiger partial charge on any atom is -0.497 e. The lowest BCUT2D eigenvalue weighted by atomic mass is 9.89. The minimum absolute atomic E-state index is 0. The van der Waals surface area contributed by atoms with Crippen molar-refractivity contribution < 1.29 is 76.6 Å². The van der Waals surface area contributed by atoms with Crippen LogP contribution in [0.1, 0.15) is 130 Å². The average molecular weight is 1150 g/mol. The molecule has 458 valence electrons. The third-order valence-corrected chi connectivity index (χ3v) is 14.5. The molecule has 2 heterocycles. The first kappa shape index (κ1) is 71.0. The number of methoxy groups -OCH3 is 2. The molecule has 0 saturated carbocycles. The van der Waals surface area contributed by atoms with E-state index >= 15 is 0 Å². The molecule has 0 spiro atoms. The summed E-state index contributed by atoms with van der Waals surface area (Å²) in [5.74, 6) is -1.25. The van der Waals surface area contributed by atoms with Crippen LogP contribution in [0.4, 0.5) is 0 Å². The molecule has 0 unspecified atom stereocenters. The molecule has 6 rings (SSSR count). The van der Waals surface area contributed by atoms with Crippen molar-refractivity contribution in [3.8, 4) is 11.5 Å². The Morgan fingerprint density at radius 2 is 0.988 bits per heavy atom. The van der Waals surface area contributed by atoms with Crippen LogP contribution in [0.25, 0.3) is 0 Å². The number of ether oxygens (including phenoxy) is 12. The second kappa shape index (κ2) is 38.6. The van der Waals surface area contributed by atoms with Crippen molar-refractivity contribution in [2.45, 2.75) is 182 Å². The van der Waals surface area contributed by atoms with Gasteiger partial charge in [-0.3, -0.25) is 9.59 Å². The van der Waals surface area contributed by atoms with Crippen molar-refractivity contribution in [2.24, 2.45) is 11.8 Å². The molecule has 2 saturated heterocycles. The smallest absolute Gasteiger partial charge is 0.302 e. The highest BCUT2D eigenvalue weighted by Gasteiger charge is 2.42. The predicted molar refractivity (Wildman–Crippen MR) is 317 cm³/mol. The summed E-state index contributed by atoms with van der Waals surface area (Å²) in [6, 6.07) is 35.1. The zero-order valence-electron chi connectivity index (χ0n) is 48.5. The van der Waals surface area contributed by atoms with E-state index in [0.29, 0.717) is 85.0 Å². The molecule has 0 aromatic heterocycles. The van der Waals surface area contributed by atoms with E-state index in [9.17, 15) is 19.8 Å². The van der Waals surface area contributed by atoms with E-state index < -0.39 is 41.8 Å². The van der Waals surface area contributed by atoms with Crippen molar-refractivity contribution in [2.75, 3.05) is 53.9 Å². The van der Waals surface area contributed by atoms with Gasteiger partial charge in [0.1, 0.15) is 23.7 Å². The summed E-state index contributed by atoms with van der Waals surface area (Å²) in [4.78, 5) is 24.1. The van der Waals surface area contributed by atoms with E-state index in [1.54, 1.807) is 14.2 Å². The van der Waals surface area contributed by atoms with Gasteiger partial charge in [-0.05, 0) is 78.6 Å². The summed E-state index contributed by atoms with van der Waals surface area (Å²) in [7, 11) is 3.25. The van der Waals surface area contributed by atoms with Gasteiger partial charge in [0.15, 0.2) is 11.6 Å². The minimum atomic E-state index is -1.24. The summed E-state index contributed by atoms with van der Waals surface area (Å²) in [6.45, 7) is 14.7. The molecule has 4 aromatic rings. The average Bonchev–Trinajstić information content (AvgIpc) is 4.18. The van der Waals surface area contributed by atoms with Gasteiger partial charge in [0.25, 0.3) is 0 Å². The highest BCUT2D eigenvalue weighted by Crippen LogP contribution is 2.34. The lowest BCUT2D eigenvalue weighted by Crippen LogP contribution is -2.45. The maximum atomic E-state index is 12.1.